The predicted octanol–water partition coefficient (Wildman–Crippen LogP) is 4.76. The number of carbonyl (C=O) groups excluding carboxylic acids is 1. The van der Waals surface area contributed by atoms with Gasteiger partial charge in [0.1, 0.15) is 0 Å². The van der Waals surface area contributed by atoms with Crippen LogP contribution < -0.4 is 10.0 Å². The Kier molecular flexibility index (Phi) is 7.99. The van der Waals surface area contributed by atoms with Crippen molar-refractivity contribution in [2.45, 2.75) is 69.4 Å². The zero-order valence-electron chi connectivity index (χ0n) is 23.1. The lowest BCUT2D eigenvalue weighted by Gasteiger charge is -2.23. The molecule has 1 aliphatic heterocycles. The van der Waals surface area contributed by atoms with Crippen LogP contribution in [0.5, 0.6) is 0 Å². The van der Waals surface area contributed by atoms with E-state index in [1.165, 1.54) is 18.2 Å². The van der Waals surface area contributed by atoms with Gasteiger partial charge in [-0.2, -0.15) is 5.10 Å². The first-order valence-electron chi connectivity index (χ1n) is 13.1. The van der Waals surface area contributed by atoms with Crippen LogP contribution in [0.4, 0.5) is 4.79 Å². The first-order valence-corrected chi connectivity index (χ1v) is 14.6. The summed E-state index contributed by atoms with van der Waals surface area (Å²) in [6.07, 6.45) is 2.17. The molecule has 1 saturated heterocycles. The van der Waals surface area contributed by atoms with E-state index in [4.69, 9.17) is 5.10 Å². The lowest BCUT2D eigenvalue weighted by atomic mass is 9.79. The number of likely N-dealkylation sites (tertiary alicyclic amines) is 1. The summed E-state index contributed by atoms with van der Waals surface area (Å²) in [5.74, 6) is 0.273. The number of carbonyl (C=O) groups is 1. The molecule has 38 heavy (non-hydrogen) atoms. The third-order valence-electron chi connectivity index (χ3n) is 7.18. The summed E-state index contributed by atoms with van der Waals surface area (Å²) in [5, 5.41) is 8.01. The molecule has 1 aliphatic rings. The van der Waals surface area contributed by atoms with Crippen LogP contribution in [-0.4, -0.2) is 49.3 Å². The average molecular weight is 538 g/mol. The normalized spacial score (nSPS) is 18.2. The van der Waals surface area contributed by atoms with E-state index in [1.54, 1.807) is 24.3 Å². The van der Waals surface area contributed by atoms with Gasteiger partial charge in [-0.1, -0.05) is 63.2 Å². The molecule has 0 saturated carbocycles. The summed E-state index contributed by atoms with van der Waals surface area (Å²) in [4.78, 5) is 15.4. The van der Waals surface area contributed by atoms with Crippen molar-refractivity contribution in [2.75, 3.05) is 20.1 Å². The maximum Gasteiger partial charge on any atom is 0.317 e. The molecule has 2 amide bonds. The van der Waals surface area contributed by atoms with Crippen molar-refractivity contribution in [1.82, 2.24) is 24.7 Å². The van der Waals surface area contributed by atoms with Crippen molar-refractivity contribution in [3.8, 4) is 0 Å². The summed E-state index contributed by atoms with van der Waals surface area (Å²) >= 11 is 0. The molecule has 1 aromatic heterocycles. The number of hydrogen-bond donors (Lipinski definition) is 2. The molecule has 204 valence electrons. The minimum absolute atomic E-state index is 0.121. The fourth-order valence-electron chi connectivity index (χ4n) is 5.04. The Hall–Kier alpha value is -3.17. The van der Waals surface area contributed by atoms with Crippen LogP contribution in [0.2, 0.25) is 0 Å². The topological polar surface area (TPSA) is 96.3 Å². The number of nitrogens with one attached hydrogen (secondary N) is 2. The van der Waals surface area contributed by atoms with Crippen LogP contribution in [0.3, 0.4) is 0 Å². The molecule has 9 heteroatoms. The number of urea groups is 1. The second-order valence-electron chi connectivity index (χ2n) is 11.3. The Morgan fingerprint density at radius 3 is 2.24 bits per heavy atom. The highest BCUT2D eigenvalue weighted by molar-refractivity contribution is 7.89. The predicted molar refractivity (Wildman–Crippen MR) is 150 cm³/mol. The van der Waals surface area contributed by atoms with Crippen molar-refractivity contribution >= 4 is 16.1 Å². The summed E-state index contributed by atoms with van der Waals surface area (Å²) in [6.45, 7) is 12.3. The summed E-state index contributed by atoms with van der Waals surface area (Å²) in [7, 11) is -2.11. The van der Waals surface area contributed by atoms with E-state index in [2.05, 4.69) is 75.1 Å². The first-order chi connectivity index (χ1) is 17.9. The van der Waals surface area contributed by atoms with Gasteiger partial charge >= 0.3 is 6.03 Å². The minimum atomic E-state index is -3.49. The summed E-state index contributed by atoms with van der Waals surface area (Å²) in [6, 6.07) is 17.1. The molecule has 4 rings (SSSR count). The number of aromatic nitrogens is 2. The third-order valence-corrected chi connectivity index (χ3v) is 8.61. The monoisotopic (exact) mass is 537 g/mol. The van der Waals surface area contributed by atoms with Crippen molar-refractivity contribution < 1.29 is 13.2 Å². The summed E-state index contributed by atoms with van der Waals surface area (Å²) < 4.78 is 28.3. The molecule has 0 bridgehead atoms. The average Bonchev–Trinajstić information content (AvgIpc) is 3.53. The number of benzene rings is 2. The van der Waals surface area contributed by atoms with Gasteiger partial charge in [0.05, 0.1) is 10.6 Å². The maximum absolute atomic E-state index is 13.3. The van der Waals surface area contributed by atoms with Gasteiger partial charge in [-0.3, -0.25) is 4.68 Å². The number of amides is 2. The Morgan fingerprint density at radius 1 is 1.03 bits per heavy atom. The quantitative estimate of drug-likeness (QED) is 0.454. The van der Waals surface area contributed by atoms with Gasteiger partial charge in [0.2, 0.25) is 10.0 Å². The number of sulfonamides is 1. The maximum atomic E-state index is 13.3. The van der Waals surface area contributed by atoms with Gasteiger partial charge < -0.3 is 10.2 Å². The molecule has 2 unspecified atom stereocenters. The molecule has 2 aromatic carbocycles. The second kappa shape index (κ2) is 10.9. The number of hydrogen-bond acceptors (Lipinski definition) is 4. The van der Waals surface area contributed by atoms with Crippen LogP contribution in [0.15, 0.2) is 65.7 Å². The van der Waals surface area contributed by atoms with Gasteiger partial charge in [-0.05, 0) is 49.7 Å². The van der Waals surface area contributed by atoms with Crippen LogP contribution >= 0.6 is 0 Å². The standard InChI is InChI=1S/C29H39N5O3S/c1-20(2)34-19-26(27(32-34)29(3,4)5)25-18-33(17-24(25)22-10-8-7-9-11-22)28(35)31-16-21-12-14-23(15-13-21)38(36,37)30-6/h7-15,19-20,24-25,30H,16-18H2,1-6H3,(H,31,35). The molecule has 2 N–H and O–H groups in total. The van der Waals surface area contributed by atoms with Crippen LogP contribution in [0.25, 0.3) is 0 Å². The zero-order chi connectivity index (χ0) is 27.7. The zero-order valence-corrected chi connectivity index (χ0v) is 23.9. The van der Waals surface area contributed by atoms with E-state index in [9.17, 15) is 13.2 Å². The molecule has 0 radical (unpaired) electrons. The van der Waals surface area contributed by atoms with E-state index >= 15 is 0 Å². The Bertz CT molecular complexity index is 1360. The smallest absolute Gasteiger partial charge is 0.317 e. The Morgan fingerprint density at radius 2 is 1.66 bits per heavy atom. The van der Waals surface area contributed by atoms with Crippen LogP contribution in [-0.2, 0) is 22.0 Å². The van der Waals surface area contributed by atoms with E-state index in [0.717, 1.165) is 11.3 Å². The van der Waals surface area contributed by atoms with Crippen molar-refractivity contribution in [2.24, 2.45) is 0 Å². The van der Waals surface area contributed by atoms with E-state index < -0.39 is 10.0 Å². The fraction of sp³-hybridized carbons (Fsp3) is 0.448. The van der Waals surface area contributed by atoms with E-state index in [0.29, 0.717) is 19.6 Å². The third kappa shape index (κ3) is 5.94. The van der Waals surface area contributed by atoms with Gasteiger partial charge in [0, 0.05) is 49.1 Å². The SMILES string of the molecule is CNS(=O)(=O)c1ccc(CNC(=O)N2CC(c3ccccc3)C(c3cn(C(C)C)nc3C(C)(C)C)C2)cc1. The molecule has 8 nitrogen and oxygen atoms in total. The van der Waals surface area contributed by atoms with Gasteiger partial charge in [0.15, 0.2) is 0 Å². The first kappa shape index (κ1) is 27.9. The molecular weight excluding hydrogens is 498 g/mol. The molecule has 2 heterocycles. The van der Waals surface area contributed by atoms with Crippen molar-refractivity contribution in [3.05, 3.63) is 83.2 Å². The highest BCUT2D eigenvalue weighted by Crippen LogP contribution is 2.43. The number of nitrogens with zero attached hydrogens (tertiary/aromatic N) is 3. The molecular formula is C29H39N5O3S. The van der Waals surface area contributed by atoms with Crippen molar-refractivity contribution in [1.29, 1.82) is 0 Å². The lowest BCUT2D eigenvalue weighted by molar-refractivity contribution is 0.207. The van der Waals surface area contributed by atoms with Gasteiger partial charge in [-0.25, -0.2) is 17.9 Å². The fourth-order valence-corrected chi connectivity index (χ4v) is 5.77. The Balaban J connectivity index is 1.56. The highest BCUT2D eigenvalue weighted by Gasteiger charge is 2.40. The summed E-state index contributed by atoms with van der Waals surface area (Å²) in [5.41, 5.74) is 4.20. The molecule has 0 spiro atoms. The van der Waals surface area contributed by atoms with Crippen molar-refractivity contribution in [3.63, 3.8) is 0 Å². The molecule has 0 aliphatic carbocycles. The molecule has 1 fully saturated rings. The second-order valence-corrected chi connectivity index (χ2v) is 13.2. The van der Waals surface area contributed by atoms with Crippen LogP contribution in [0.1, 0.15) is 74.9 Å². The van der Waals surface area contributed by atoms with Gasteiger partial charge in [0.25, 0.3) is 0 Å². The largest absolute Gasteiger partial charge is 0.334 e. The lowest BCUT2D eigenvalue weighted by Crippen LogP contribution is -2.38. The van der Waals surface area contributed by atoms with Crippen LogP contribution in [0, 0.1) is 0 Å². The Labute approximate surface area is 226 Å². The number of rotatable bonds is 7. The van der Waals surface area contributed by atoms with E-state index in [-0.39, 0.29) is 34.2 Å². The molecule has 2 atom stereocenters. The van der Waals surface area contributed by atoms with Gasteiger partial charge in [-0.15, -0.1) is 0 Å². The minimum Gasteiger partial charge on any atom is -0.334 e. The highest BCUT2D eigenvalue weighted by atomic mass is 32.2. The van der Waals surface area contributed by atoms with E-state index in [1.807, 2.05) is 15.6 Å². The molecule has 3 aromatic rings.